The molecule has 0 spiro atoms. The Kier molecular flexibility index (Phi) is 5.33. The number of halogens is 1. The first kappa shape index (κ1) is 18.9. The number of methoxy groups -OCH3 is 1. The minimum atomic E-state index is -0.231. The van der Waals surface area contributed by atoms with E-state index in [0.717, 1.165) is 26.5 Å². The van der Waals surface area contributed by atoms with Crippen LogP contribution in [0.25, 0.3) is 0 Å². The molecule has 1 unspecified atom stereocenters. The fourth-order valence-corrected chi connectivity index (χ4v) is 4.95. The number of ether oxygens (including phenoxy) is 1. The second-order valence-electron chi connectivity index (χ2n) is 6.62. The zero-order chi connectivity index (χ0) is 19.7. The lowest BCUT2D eigenvalue weighted by atomic mass is 9.86. The summed E-state index contributed by atoms with van der Waals surface area (Å²) < 4.78 is 6.33. The van der Waals surface area contributed by atoms with Crippen LogP contribution in [0.4, 0.5) is 5.69 Å². The molecule has 1 saturated heterocycles. The van der Waals surface area contributed by atoms with Crippen molar-refractivity contribution in [2.24, 2.45) is 0 Å². The molecule has 0 aromatic heterocycles. The molecule has 0 bridgehead atoms. The summed E-state index contributed by atoms with van der Waals surface area (Å²) in [6, 6.07) is 18.0. The Morgan fingerprint density at radius 1 is 1.25 bits per heavy atom. The van der Waals surface area contributed by atoms with Gasteiger partial charge in [0.2, 0.25) is 5.91 Å². The number of benzene rings is 2. The lowest BCUT2D eigenvalue weighted by Gasteiger charge is -2.42. The first-order chi connectivity index (χ1) is 13.6. The van der Waals surface area contributed by atoms with Crippen LogP contribution in [-0.2, 0) is 4.79 Å². The molecule has 2 aliphatic rings. The number of anilines is 1. The largest absolute Gasteiger partial charge is 0.497 e. The van der Waals surface area contributed by atoms with Gasteiger partial charge in [-0.1, -0.05) is 39.8 Å². The van der Waals surface area contributed by atoms with Crippen LogP contribution < -0.4 is 9.64 Å². The fourth-order valence-electron chi connectivity index (χ4n) is 3.52. The van der Waals surface area contributed by atoms with Gasteiger partial charge in [-0.25, -0.2) is 0 Å². The van der Waals surface area contributed by atoms with Crippen molar-refractivity contribution in [2.75, 3.05) is 24.6 Å². The van der Waals surface area contributed by atoms with Gasteiger partial charge in [0, 0.05) is 22.5 Å². The number of hydrogen-bond acceptors (Lipinski definition) is 5. The third-order valence-electron chi connectivity index (χ3n) is 4.98. The maximum atomic E-state index is 13.0. The van der Waals surface area contributed by atoms with Gasteiger partial charge in [0.25, 0.3) is 0 Å². The highest BCUT2D eigenvalue weighted by atomic mass is 79.9. The zero-order valence-corrected chi connectivity index (χ0v) is 17.7. The Hall–Kier alpha value is -2.43. The normalized spacial score (nSPS) is 19.3. The molecule has 2 aliphatic heterocycles. The fraction of sp³-hybridized carbons (Fsp3) is 0.238. The summed E-state index contributed by atoms with van der Waals surface area (Å²) in [7, 11) is 1.62. The maximum absolute atomic E-state index is 13.0. The van der Waals surface area contributed by atoms with Crippen molar-refractivity contribution < 1.29 is 9.53 Å². The van der Waals surface area contributed by atoms with Gasteiger partial charge in [0.15, 0.2) is 0 Å². The summed E-state index contributed by atoms with van der Waals surface area (Å²) in [6.45, 7) is 0.457. The number of carbonyl (C=O) groups excluding carboxylic acids is 1. The van der Waals surface area contributed by atoms with E-state index in [-0.39, 0.29) is 18.2 Å². The van der Waals surface area contributed by atoms with Crippen LogP contribution in [0.15, 0.2) is 63.6 Å². The van der Waals surface area contributed by atoms with E-state index < -0.39 is 0 Å². The van der Waals surface area contributed by atoms with Crippen LogP contribution in [0.1, 0.15) is 17.9 Å². The minimum absolute atomic E-state index is 0.0381. The average Bonchev–Trinajstić information content (AvgIpc) is 2.74. The van der Waals surface area contributed by atoms with Gasteiger partial charge in [0.1, 0.15) is 5.75 Å². The maximum Gasteiger partial charge on any atom is 0.229 e. The number of fused-ring (bicyclic) bond motifs is 1. The molecule has 2 aromatic carbocycles. The Balaban J connectivity index is 1.66. The smallest absolute Gasteiger partial charge is 0.229 e. The van der Waals surface area contributed by atoms with Crippen molar-refractivity contribution >= 4 is 39.3 Å². The molecule has 1 atom stereocenters. The lowest BCUT2D eigenvalue weighted by molar-refractivity contribution is -0.129. The first-order valence-corrected chi connectivity index (χ1v) is 10.6. The van der Waals surface area contributed by atoms with Crippen LogP contribution in [0.2, 0.25) is 0 Å². The highest BCUT2D eigenvalue weighted by Crippen LogP contribution is 2.43. The monoisotopic (exact) mass is 455 g/mol. The summed E-state index contributed by atoms with van der Waals surface area (Å²) in [5, 5.41) is 10.7. The number of hydrogen-bond donors (Lipinski definition) is 0. The SMILES string of the molecule is COc1cccc(C2CC(=O)N3CN(c4ccc(Br)cc4)CSC3=C2C#N)c1. The molecule has 1 fully saturated rings. The van der Waals surface area contributed by atoms with Crippen molar-refractivity contribution in [3.8, 4) is 11.8 Å². The molecule has 7 heteroatoms. The lowest BCUT2D eigenvalue weighted by Crippen LogP contribution is -2.47. The predicted octanol–water partition coefficient (Wildman–Crippen LogP) is 4.68. The molecule has 142 valence electrons. The molecule has 0 aliphatic carbocycles. The van der Waals surface area contributed by atoms with Gasteiger partial charge in [0.05, 0.1) is 36.3 Å². The second kappa shape index (κ2) is 7.90. The topological polar surface area (TPSA) is 56.6 Å². The summed E-state index contributed by atoms with van der Waals surface area (Å²) in [5.74, 6) is 1.23. The van der Waals surface area contributed by atoms with E-state index in [0.29, 0.717) is 18.1 Å². The van der Waals surface area contributed by atoms with Gasteiger partial charge in [-0.3, -0.25) is 9.69 Å². The molecule has 1 amide bonds. The Bertz CT molecular complexity index is 984. The van der Waals surface area contributed by atoms with E-state index in [2.05, 4.69) is 26.9 Å². The molecular formula is C21H18BrN3O2S. The van der Waals surface area contributed by atoms with E-state index in [9.17, 15) is 10.1 Å². The van der Waals surface area contributed by atoms with E-state index in [1.54, 1.807) is 23.8 Å². The Labute approximate surface area is 176 Å². The van der Waals surface area contributed by atoms with Crippen LogP contribution in [-0.4, -0.2) is 30.5 Å². The molecule has 0 N–H and O–H groups in total. The van der Waals surface area contributed by atoms with Crippen molar-refractivity contribution in [1.82, 2.24) is 4.90 Å². The van der Waals surface area contributed by atoms with Crippen molar-refractivity contribution in [3.63, 3.8) is 0 Å². The number of amides is 1. The van der Waals surface area contributed by atoms with Crippen LogP contribution >= 0.6 is 27.7 Å². The number of nitriles is 1. The number of carbonyl (C=O) groups is 1. The Morgan fingerprint density at radius 2 is 2.04 bits per heavy atom. The van der Waals surface area contributed by atoms with Crippen LogP contribution in [0, 0.1) is 11.3 Å². The van der Waals surface area contributed by atoms with Gasteiger partial charge in [-0.2, -0.15) is 5.26 Å². The van der Waals surface area contributed by atoms with E-state index in [1.807, 2.05) is 48.5 Å². The third kappa shape index (κ3) is 3.50. The number of thioether (sulfide) groups is 1. The number of rotatable bonds is 3. The van der Waals surface area contributed by atoms with Crippen LogP contribution in [0.3, 0.4) is 0 Å². The van der Waals surface area contributed by atoms with Gasteiger partial charge in [-0.05, 0) is 42.0 Å². The average molecular weight is 456 g/mol. The molecule has 2 heterocycles. The van der Waals surface area contributed by atoms with Gasteiger partial charge >= 0.3 is 0 Å². The summed E-state index contributed by atoms with van der Waals surface area (Å²) in [4.78, 5) is 16.8. The van der Waals surface area contributed by atoms with E-state index in [1.165, 1.54) is 0 Å². The summed E-state index contributed by atoms with van der Waals surface area (Å²) >= 11 is 4.99. The molecule has 2 aromatic rings. The van der Waals surface area contributed by atoms with E-state index in [4.69, 9.17) is 4.74 Å². The summed E-state index contributed by atoms with van der Waals surface area (Å²) in [5.41, 5.74) is 2.65. The molecule has 4 rings (SSSR count). The van der Waals surface area contributed by atoms with Crippen molar-refractivity contribution in [1.29, 1.82) is 5.26 Å². The van der Waals surface area contributed by atoms with Crippen molar-refractivity contribution in [2.45, 2.75) is 12.3 Å². The van der Waals surface area contributed by atoms with Crippen molar-refractivity contribution in [3.05, 3.63) is 69.2 Å². The summed E-state index contributed by atoms with van der Waals surface area (Å²) in [6.07, 6.45) is 0.286. The molecule has 0 saturated carbocycles. The second-order valence-corrected chi connectivity index (χ2v) is 8.47. The highest BCUT2D eigenvalue weighted by molar-refractivity contribution is 9.10. The third-order valence-corrected chi connectivity index (χ3v) is 6.66. The molecule has 5 nitrogen and oxygen atoms in total. The standard InChI is InChI=1S/C21H18BrN3O2S/c1-27-17-4-2-3-14(9-17)18-10-20(26)25-12-24(13-28-21(25)19(18)11-23)16-7-5-15(22)6-8-16/h2-9,18H,10,12-13H2,1H3. The first-order valence-electron chi connectivity index (χ1n) is 8.82. The van der Waals surface area contributed by atoms with Crippen LogP contribution in [0.5, 0.6) is 5.75 Å². The molecule has 0 radical (unpaired) electrons. The predicted molar refractivity (Wildman–Crippen MR) is 114 cm³/mol. The quantitative estimate of drug-likeness (QED) is 0.672. The molecule has 28 heavy (non-hydrogen) atoms. The van der Waals surface area contributed by atoms with E-state index >= 15 is 0 Å². The zero-order valence-electron chi connectivity index (χ0n) is 15.3. The van der Waals surface area contributed by atoms with Gasteiger partial charge in [-0.15, -0.1) is 0 Å². The van der Waals surface area contributed by atoms with Gasteiger partial charge < -0.3 is 9.64 Å². The highest BCUT2D eigenvalue weighted by Gasteiger charge is 2.38. The number of nitrogens with zero attached hydrogens (tertiary/aromatic N) is 3. The Morgan fingerprint density at radius 3 is 2.75 bits per heavy atom. The number of allylic oxidation sites excluding steroid dienone is 1. The minimum Gasteiger partial charge on any atom is -0.497 e. The molecular weight excluding hydrogens is 438 g/mol.